The maximum absolute atomic E-state index is 12.6. The number of carbonyl (C=O) groups excluding carboxylic acids is 1. The van der Waals surface area contributed by atoms with Crippen molar-refractivity contribution < 1.29 is 4.79 Å². The minimum absolute atomic E-state index is 0.00886. The van der Waals surface area contributed by atoms with E-state index in [1.165, 1.54) is 0 Å². The first-order valence-corrected chi connectivity index (χ1v) is 8.04. The van der Waals surface area contributed by atoms with Crippen molar-refractivity contribution in [1.29, 1.82) is 0 Å². The molecule has 4 nitrogen and oxygen atoms in total. The number of benzene rings is 1. The summed E-state index contributed by atoms with van der Waals surface area (Å²) in [6.07, 6.45) is 0.940. The van der Waals surface area contributed by atoms with Crippen LogP contribution in [0, 0.1) is 6.92 Å². The third kappa shape index (κ3) is 3.45. The lowest BCUT2D eigenvalue weighted by Crippen LogP contribution is -2.29. The van der Waals surface area contributed by atoms with E-state index < -0.39 is 0 Å². The van der Waals surface area contributed by atoms with Crippen LogP contribution in [0.2, 0.25) is 5.02 Å². The molecule has 0 unspecified atom stereocenters. The van der Waals surface area contributed by atoms with E-state index in [1.54, 1.807) is 0 Å². The summed E-state index contributed by atoms with van der Waals surface area (Å²) in [6, 6.07) is 5.78. The van der Waals surface area contributed by atoms with Crippen LogP contribution in [-0.2, 0) is 6.54 Å². The maximum atomic E-state index is 12.6. The molecule has 2 aromatic rings. The topological polar surface area (TPSA) is 37.3 Å². The molecule has 0 aliphatic rings. The highest BCUT2D eigenvalue weighted by atomic mass is 35.5. The van der Waals surface area contributed by atoms with Crippen LogP contribution in [0.25, 0.3) is 10.9 Å². The fourth-order valence-corrected chi connectivity index (χ4v) is 2.97. The van der Waals surface area contributed by atoms with E-state index in [1.807, 2.05) is 39.2 Å². The number of hydrogen-bond donors (Lipinski definition) is 1. The minimum atomic E-state index is -0.00886. The summed E-state index contributed by atoms with van der Waals surface area (Å²) in [5.74, 6) is -0.00886. The van der Waals surface area contributed by atoms with Gasteiger partial charge >= 0.3 is 0 Å². The van der Waals surface area contributed by atoms with Gasteiger partial charge in [-0.25, -0.2) is 0 Å². The summed E-state index contributed by atoms with van der Waals surface area (Å²) in [4.78, 5) is 14.7. The van der Waals surface area contributed by atoms with E-state index in [4.69, 9.17) is 11.6 Å². The average molecular weight is 322 g/mol. The first kappa shape index (κ1) is 16.8. The Morgan fingerprint density at radius 1 is 1.36 bits per heavy atom. The number of rotatable bonds is 6. The number of carbonyl (C=O) groups is 1. The Bertz CT molecular complexity index is 676. The Morgan fingerprint density at radius 2 is 2.09 bits per heavy atom. The third-order valence-electron chi connectivity index (χ3n) is 3.88. The van der Waals surface area contributed by atoms with E-state index >= 15 is 0 Å². The zero-order valence-corrected chi connectivity index (χ0v) is 14.5. The molecule has 0 atom stereocenters. The number of hydrogen-bond acceptors (Lipinski definition) is 2. The number of aryl methyl sites for hydroxylation is 2. The van der Waals surface area contributed by atoms with Crippen LogP contribution >= 0.6 is 11.6 Å². The quantitative estimate of drug-likeness (QED) is 0.829. The molecule has 0 aliphatic carbocycles. The summed E-state index contributed by atoms with van der Waals surface area (Å²) in [7, 11) is 4.06. The van der Waals surface area contributed by atoms with Crippen LogP contribution < -0.4 is 5.32 Å². The molecule has 0 aliphatic heterocycles. The van der Waals surface area contributed by atoms with Gasteiger partial charge in [0, 0.05) is 29.0 Å². The van der Waals surface area contributed by atoms with Gasteiger partial charge in [-0.05, 0) is 64.7 Å². The number of nitrogens with zero attached hydrogens (tertiary/aromatic N) is 2. The fraction of sp³-hybridized carbons (Fsp3) is 0.471. The van der Waals surface area contributed by atoms with E-state index in [9.17, 15) is 4.79 Å². The second kappa shape index (κ2) is 7.16. The van der Waals surface area contributed by atoms with E-state index in [2.05, 4.69) is 21.7 Å². The molecular formula is C17H24ClN3O. The van der Waals surface area contributed by atoms with Gasteiger partial charge in [0.2, 0.25) is 0 Å². The maximum Gasteiger partial charge on any atom is 0.268 e. The molecule has 120 valence electrons. The molecule has 1 N–H and O–H groups in total. The van der Waals surface area contributed by atoms with Gasteiger partial charge in [0.25, 0.3) is 5.91 Å². The summed E-state index contributed by atoms with van der Waals surface area (Å²) >= 11 is 6.09. The van der Waals surface area contributed by atoms with Crippen molar-refractivity contribution in [2.24, 2.45) is 0 Å². The van der Waals surface area contributed by atoms with Gasteiger partial charge in [0.1, 0.15) is 5.69 Å². The number of nitrogens with one attached hydrogen (secondary N) is 1. The Balaban J connectivity index is 2.26. The van der Waals surface area contributed by atoms with Gasteiger partial charge in [-0.1, -0.05) is 11.6 Å². The normalized spacial score (nSPS) is 11.4. The lowest BCUT2D eigenvalue weighted by atomic mass is 10.1. The molecule has 1 aromatic carbocycles. The number of fused-ring (bicyclic) bond motifs is 1. The monoisotopic (exact) mass is 321 g/mol. The largest absolute Gasteiger partial charge is 0.351 e. The molecule has 1 heterocycles. The highest BCUT2D eigenvalue weighted by Crippen LogP contribution is 2.28. The smallest absolute Gasteiger partial charge is 0.268 e. The van der Waals surface area contributed by atoms with Gasteiger partial charge < -0.3 is 14.8 Å². The summed E-state index contributed by atoms with van der Waals surface area (Å²) in [6.45, 7) is 6.44. The minimum Gasteiger partial charge on any atom is -0.351 e. The first-order chi connectivity index (χ1) is 10.5. The van der Waals surface area contributed by atoms with Crippen molar-refractivity contribution >= 4 is 28.4 Å². The van der Waals surface area contributed by atoms with E-state index in [-0.39, 0.29) is 5.91 Å². The number of aromatic nitrogens is 1. The van der Waals surface area contributed by atoms with E-state index in [0.29, 0.717) is 11.6 Å². The zero-order valence-electron chi connectivity index (χ0n) is 13.7. The van der Waals surface area contributed by atoms with Crippen LogP contribution in [-0.4, -0.2) is 42.6 Å². The van der Waals surface area contributed by atoms with Crippen molar-refractivity contribution in [1.82, 2.24) is 14.8 Å². The Hall–Kier alpha value is -1.52. The van der Waals surface area contributed by atoms with Crippen molar-refractivity contribution in [3.05, 3.63) is 34.5 Å². The fourth-order valence-electron chi connectivity index (χ4n) is 2.80. The van der Waals surface area contributed by atoms with Crippen LogP contribution in [0.5, 0.6) is 0 Å². The average Bonchev–Trinajstić information content (AvgIpc) is 2.75. The Labute approximate surface area is 137 Å². The lowest BCUT2D eigenvalue weighted by molar-refractivity contribution is 0.0943. The predicted molar refractivity (Wildman–Crippen MR) is 92.9 cm³/mol. The van der Waals surface area contributed by atoms with Crippen LogP contribution in [0.4, 0.5) is 0 Å². The summed E-state index contributed by atoms with van der Waals surface area (Å²) < 4.78 is 2.06. The molecule has 22 heavy (non-hydrogen) atoms. The molecule has 0 saturated heterocycles. The molecule has 0 spiro atoms. The molecule has 1 aromatic heterocycles. The Morgan fingerprint density at radius 3 is 2.73 bits per heavy atom. The van der Waals surface area contributed by atoms with Crippen LogP contribution in [0.15, 0.2) is 18.2 Å². The molecule has 0 saturated carbocycles. The third-order valence-corrected chi connectivity index (χ3v) is 4.11. The molecule has 0 bridgehead atoms. The number of amides is 1. The van der Waals surface area contributed by atoms with Crippen LogP contribution in [0.1, 0.15) is 29.4 Å². The van der Waals surface area contributed by atoms with E-state index in [0.717, 1.165) is 41.7 Å². The van der Waals surface area contributed by atoms with Crippen LogP contribution in [0.3, 0.4) is 0 Å². The highest BCUT2D eigenvalue weighted by Gasteiger charge is 2.19. The first-order valence-electron chi connectivity index (χ1n) is 7.67. The standard InChI is InChI=1S/C17H24ClN3O/c1-5-21-15-8-7-13(18)11-14(15)12(2)16(21)17(22)19-9-6-10-20(3)4/h7-8,11H,5-6,9-10H2,1-4H3,(H,19,22). The predicted octanol–water partition coefficient (Wildman–Crippen LogP) is 3.30. The second-order valence-electron chi connectivity index (χ2n) is 5.79. The molecule has 0 radical (unpaired) electrons. The van der Waals surface area contributed by atoms with Crippen molar-refractivity contribution in [2.45, 2.75) is 26.8 Å². The van der Waals surface area contributed by atoms with Gasteiger partial charge in [0.15, 0.2) is 0 Å². The summed E-state index contributed by atoms with van der Waals surface area (Å²) in [5, 5.41) is 4.77. The van der Waals surface area contributed by atoms with Crippen molar-refractivity contribution in [2.75, 3.05) is 27.2 Å². The highest BCUT2D eigenvalue weighted by molar-refractivity contribution is 6.31. The van der Waals surface area contributed by atoms with Gasteiger partial charge in [-0.3, -0.25) is 4.79 Å². The second-order valence-corrected chi connectivity index (χ2v) is 6.23. The molecule has 0 fully saturated rings. The molecule has 5 heteroatoms. The molecular weight excluding hydrogens is 298 g/mol. The SMILES string of the molecule is CCn1c(C(=O)NCCCN(C)C)c(C)c2cc(Cl)ccc21. The van der Waals surface area contributed by atoms with Crippen molar-refractivity contribution in [3.8, 4) is 0 Å². The molecule has 1 amide bonds. The lowest BCUT2D eigenvalue weighted by Gasteiger charge is -2.12. The number of halogens is 1. The van der Waals surface area contributed by atoms with Crippen molar-refractivity contribution in [3.63, 3.8) is 0 Å². The molecule has 2 rings (SSSR count). The Kier molecular flexibility index (Phi) is 5.48. The summed E-state index contributed by atoms with van der Waals surface area (Å²) in [5.41, 5.74) is 2.79. The van der Waals surface area contributed by atoms with Gasteiger partial charge in [-0.2, -0.15) is 0 Å². The van der Waals surface area contributed by atoms with Gasteiger partial charge in [-0.15, -0.1) is 0 Å². The van der Waals surface area contributed by atoms with Gasteiger partial charge in [0.05, 0.1) is 0 Å². The zero-order chi connectivity index (χ0) is 16.3.